The van der Waals surface area contributed by atoms with Crippen molar-refractivity contribution in [2.75, 3.05) is 31.2 Å². The zero-order valence-electron chi connectivity index (χ0n) is 11.4. The van der Waals surface area contributed by atoms with Crippen molar-refractivity contribution < 1.29 is 4.74 Å². The highest BCUT2D eigenvalue weighted by Crippen LogP contribution is 2.16. The first-order valence-corrected chi connectivity index (χ1v) is 6.11. The van der Waals surface area contributed by atoms with Crippen LogP contribution in [0.5, 0.6) is 0 Å². The average Bonchev–Trinajstić information content (AvgIpc) is 2.85. The first kappa shape index (κ1) is 14.0. The molecule has 9 heteroatoms. The van der Waals surface area contributed by atoms with Crippen molar-refractivity contribution in [1.82, 2.24) is 25.0 Å². The van der Waals surface area contributed by atoms with E-state index in [-0.39, 0.29) is 5.95 Å². The number of nitrogens with two attached hydrogens (primary N) is 2. The molecule has 0 aliphatic heterocycles. The van der Waals surface area contributed by atoms with Crippen LogP contribution < -0.4 is 22.3 Å². The van der Waals surface area contributed by atoms with Crippen molar-refractivity contribution in [2.45, 2.75) is 6.92 Å². The van der Waals surface area contributed by atoms with Gasteiger partial charge in [0.25, 0.3) is 0 Å². The molecule has 0 aromatic carbocycles. The number of fused-ring (bicyclic) bond motifs is 1. The van der Waals surface area contributed by atoms with E-state index in [9.17, 15) is 0 Å². The molecule has 6 N–H and O–H groups in total. The van der Waals surface area contributed by atoms with Crippen LogP contribution in [0.3, 0.4) is 0 Å². The summed E-state index contributed by atoms with van der Waals surface area (Å²) in [7, 11) is 1.56. The van der Waals surface area contributed by atoms with Crippen molar-refractivity contribution in [3.8, 4) is 0 Å². The minimum absolute atomic E-state index is 0.246. The number of aromatic nitrogens is 4. The number of methoxy groups -OCH3 is 1. The lowest BCUT2D eigenvalue weighted by atomic mass is 10.4. The smallest absolute Gasteiger partial charge is 0.225 e. The van der Waals surface area contributed by atoms with Gasteiger partial charge in [0.15, 0.2) is 11.4 Å². The summed E-state index contributed by atoms with van der Waals surface area (Å²) < 4.78 is 6.65. The summed E-state index contributed by atoms with van der Waals surface area (Å²) in [4.78, 5) is 8.56. The van der Waals surface area contributed by atoms with Crippen LogP contribution in [0.2, 0.25) is 0 Å². The predicted octanol–water partition coefficient (Wildman–Crippen LogP) is -0.411. The van der Waals surface area contributed by atoms with Crippen LogP contribution in [0, 0.1) is 0 Å². The van der Waals surface area contributed by atoms with E-state index < -0.39 is 0 Å². The molecule has 9 nitrogen and oxygen atoms in total. The monoisotopic (exact) mass is 278 g/mol. The van der Waals surface area contributed by atoms with Gasteiger partial charge in [-0.25, -0.2) is 4.98 Å². The molecule has 0 spiro atoms. The third-order valence-corrected chi connectivity index (χ3v) is 2.63. The largest absolute Gasteiger partial charge is 0.493 e. The Balaban J connectivity index is 2.34. The predicted molar refractivity (Wildman–Crippen MR) is 76.5 cm³/mol. The van der Waals surface area contributed by atoms with Crippen molar-refractivity contribution >= 4 is 23.2 Å². The van der Waals surface area contributed by atoms with Crippen molar-refractivity contribution in [2.24, 2.45) is 5.84 Å². The number of hydrazine groups is 1. The molecule has 108 valence electrons. The minimum atomic E-state index is 0.246. The fraction of sp³-hybridized carbons (Fsp3) is 0.364. The zero-order chi connectivity index (χ0) is 14.5. The molecule has 2 aromatic rings. The Morgan fingerprint density at radius 1 is 1.45 bits per heavy atom. The number of ether oxygens (including phenoxy) is 1. The number of hydrogen-bond acceptors (Lipinski definition) is 8. The van der Waals surface area contributed by atoms with Crippen LogP contribution in [0.4, 0.5) is 11.8 Å². The first-order chi connectivity index (χ1) is 9.69. The third-order valence-electron chi connectivity index (χ3n) is 2.63. The SMILES string of the molecule is C/C=C(\OC)c1nc2cc(NCCNN)nc(N)n2n1. The van der Waals surface area contributed by atoms with Gasteiger partial charge in [-0.2, -0.15) is 9.50 Å². The van der Waals surface area contributed by atoms with Crippen molar-refractivity contribution in [3.05, 3.63) is 18.0 Å². The van der Waals surface area contributed by atoms with Crippen LogP contribution >= 0.6 is 0 Å². The second-order valence-corrected chi connectivity index (χ2v) is 3.94. The molecule has 0 unspecified atom stereocenters. The molecule has 0 atom stereocenters. The number of allylic oxidation sites excluding steroid dienone is 1. The molecule has 0 fully saturated rings. The van der Waals surface area contributed by atoms with E-state index in [0.717, 1.165) is 0 Å². The van der Waals surface area contributed by atoms with Gasteiger partial charge in [0.1, 0.15) is 5.82 Å². The Hall–Kier alpha value is -2.39. The lowest BCUT2D eigenvalue weighted by molar-refractivity contribution is 0.365. The maximum Gasteiger partial charge on any atom is 0.225 e. The second kappa shape index (κ2) is 6.17. The molecule has 2 rings (SSSR count). The highest BCUT2D eigenvalue weighted by Gasteiger charge is 2.12. The molecular weight excluding hydrogens is 260 g/mol. The Morgan fingerprint density at radius 2 is 2.25 bits per heavy atom. The van der Waals surface area contributed by atoms with Crippen LogP contribution in [0.15, 0.2) is 12.1 Å². The Kier molecular flexibility index (Phi) is 4.33. The van der Waals surface area contributed by atoms with Gasteiger partial charge in [-0.05, 0) is 13.0 Å². The maximum atomic E-state index is 5.87. The van der Waals surface area contributed by atoms with E-state index in [0.29, 0.717) is 36.1 Å². The number of nitrogens with zero attached hydrogens (tertiary/aromatic N) is 4. The highest BCUT2D eigenvalue weighted by atomic mass is 16.5. The summed E-state index contributed by atoms with van der Waals surface area (Å²) in [5.41, 5.74) is 9.00. The molecule has 0 saturated heterocycles. The summed E-state index contributed by atoms with van der Waals surface area (Å²) in [5, 5.41) is 7.34. The molecule has 0 aliphatic carbocycles. The molecule has 0 radical (unpaired) electrons. The summed E-state index contributed by atoms with van der Waals surface area (Å²) in [6, 6.07) is 1.76. The normalized spacial score (nSPS) is 11.8. The lowest BCUT2D eigenvalue weighted by Crippen LogP contribution is -2.28. The van der Waals surface area contributed by atoms with Gasteiger partial charge < -0.3 is 15.8 Å². The second-order valence-electron chi connectivity index (χ2n) is 3.94. The maximum absolute atomic E-state index is 5.87. The molecule has 2 heterocycles. The number of nitrogen functional groups attached to an aromatic ring is 1. The highest BCUT2D eigenvalue weighted by molar-refractivity contribution is 5.59. The quantitative estimate of drug-likeness (QED) is 0.243. The average molecular weight is 278 g/mol. The van der Waals surface area contributed by atoms with Crippen molar-refractivity contribution in [3.63, 3.8) is 0 Å². The van der Waals surface area contributed by atoms with Gasteiger partial charge in [-0.1, -0.05) is 0 Å². The summed E-state index contributed by atoms with van der Waals surface area (Å²) in [6.07, 6.45) is 1.78. The molecule has 0 saturated carbocycles. The number of hydrogen-bond donors (Lipinski definition) is 4. The molecule has 0 bridgehead atoms. The van der Waals surface area contributed by atoms with Gasteiger partial charge in [-0.3, -0.25) is 11.3 Å². The molecule has 0 aliphatic rings. The zero-order valence-corrected chi connectivity index (χ0v) is 11.4. The van der Waals surface area contributed by atoms with Gasteiger partial charge in [0.05, 0.1) is 7.11 Å². The number of anilines is 2. The number of rotatable bonds is 6. The van der Waals surface area contributed by atoms with E-state index in [1.165, 1.54) is 4.52 Å². The summed E-state index contributed by atoms with van der Waals surface area (Å²) in [6.45, 7) is 3.08. The van der Waals surface area contributed by atoms with Gasteiger partial charge in [0.2, 0.25) is 11.8 Å². The van der Waals surface area contributed by atoms with Gasteiger partial charge >= 0.3 is 0 Å². The Morgan fingerprint density at radius 3 is 2.90 bits per heavy atom. The van der Waals surface area contributed by atoms with Crippen molar-refractivity contribution in [1.29, 1.82) is 0 Å². The summed E-state index contributed by atoms with van der Waals surface area (Å²) >= 11 is 0. The van der Waals surface area contributed by atoms with Gasteiger partial charge in [0, 0.05) is 19.2 Å². The molecule has 0 amide bonds. The standard InChI is InChI=1S/C11H18N8O/c1-3-7(20-2)10-17-9-6-8(14-4-5-15-13)16-11(12)19(9)18-10/h3,6,14-15H,4-5,13H2,1-2H3,(H2,12,16)/b7-3-. The van der Waals surface area contributed by atoms with Crippen LogP contribution in [-0.4, -0.2) is 39.8 Å². The first-order valence-electron chi connectivity index (χ1n) is 6.11. The topological polar surface area (TPSA) is 128 Å². The fourth-order valence-corrected chi connectivity index (χ4v) is 1.71. The van der Waals surface area contributed by atoms with Gasteiger partial charge in [-0.15, -0.1) is 5.10 Å². The molecule has 20 heavy (non-hydrogen) atoms. The third kappa shape index (κ3) is 2.78. The molecule has 2 aromatic heterocycles. The Labute approximate surface area is 116 Å². The molecular formula is C11H18N8O. The lowest BCUT2D eigenvalue weighted by Gasteiger charge is -2.05. The van der Waals surface area contributed by atoms with Crippen LogP contribution in [0.1, 0.15) is 12.7 Å². The van der Waals surface area contributed by atoms with E-state index in [1.54, 1.807) is 19.3 Å². The van der Waals surface area contributed by atoms with E-state index in [4.69, 9.17) is 16.3 Å². The van der Waals surface area contributed by atoms with Crippen LogP contribution in [-0.2, 0) is 4.74 Å². The van der Waals surface area contributed by atoms with Crippen LogP contribution in [0.25, 0.3) is 11.4 Å². The van der Waals surface area contributed by atoms with E-state index >= 15 is 0 Å². The summed E-state index contributed by atoms with van der Waals surface area (Å²) in [5.74, 6) is 7.10. The minimum Gasteiger partial charge on any atom is -0.493 e. The fourth-order valence-electron chi connectivity index (χ4n) is 1.71. The number of nitrogens with one attached hydrogen (secondary N) is 2. The Bertz CT molecular complexity index is 620. The van der Waals surface area contributed by atoms with E-state index in [1.807, 2.05) is 6.92 Å². The van der Waals surface area contributed by atoms with E-state index in [2.05, 4.69) is 25.8 Å².